The van der Waals surface area contributed by atoms with Crippen molar-refractivity contribution in [3.63, 3.8) is 0 Å². The average molecular weight is 525 g/mol. The third-order valence-electron chi connectivity index (χ3n) is 6.11. The lowest BCUT2D eigenvalue weighted by Crippen LogP contribution is -2.43. The van der Waals surface area contributed by atoms with Crippen LogP contribution in [0.2, 0.25) is 0 Å². The van der Waals surface area contributed by atoms with Gasteiger partial charge in [0.05, 0.1) is 27.9 Å². The monoisotopic (exact) mass is 524 g/mol. The summed E-state index contributed by atoms with van der Waals surface area (Å²) in [5.74, 6) is 1.69. The van der Waals surface area contributed by atoms with Gasteiger partial charge in [-0.1, -0.05) is 31.5 Å². The Hall–Kier alpha value is -3.52. The highest BCUT2D eigenvalue weighted by Crippen LogP contribution is 2.28. The van der Waals surface area contributed by atoms with Gasteiger partial charge < -0.3 is 24.0 Å². The lowest BCUT2D eigenvalue weighted by Gasteiger charge is -2.28. The quantitative estimate of drug-likeness (QED) is 0.287. The van der Waals surface area contributed by atoms with Gasteiger partial charge in [-0.05, 0) is 60.2 Å². The van der Waals surface area contributed by atoms with E-state index in [2.05, 4.69) is 6.92 Å². The minimum absolute atomic E-state index is 0.0212. The summed E-state index contributed by atoms with van der Waals surface area (Å²) in [6.45, 7) is 3.62. The number of carbonyl (C=O) groups is 2. The summed E-state index contributed by atoms with van der Waals surface area (Å²) >= 11 is 1.62. The third-order valence-corrected chi connectivity index (χ3v) is 6.97. The molecule has 0 atom stereocenters. The van der Waals surface area contributed by atoms with Crippen LogP contribution in [0.3, 0.4) is 0 Å². The summed E-state index contributed by atoms with van der Waals surface area (Å²) < 4.78 is 16.1. The molecule has 1 heterocycles. The summed E-state index contributed by atoms with van der Waals surface area (Å²) in [4.78, 5) is 31.6. The molecule has 0 N–H and O–H groups in total. The van der Waals surface area contributed by atoms with Crippen molar-refractivity contribution in [3.05, 3.63) is 76.0 Å². The molecule has 0 aliphatic carbocycles. The number of nitrogens with zero attached hydrogens (tertiary/aromatic N) is 2. The molecule has 3 rings (SSSR count). The number of hydrogen-bond donors (Lipinski definition) is 0. The summed E-state index contributed by atoms with van der Waals surface area (Å²) in [6, 6.07) is 16.9. The molecule has 8 heteroatoms. The molecule has 198 valence electrons. The average Bonchev–Trinajstić information content (AvgIpc) is 3.45. The Morgan fingerprint density at radius 1 is 0.865 bits per heavy atom. The van der Waals surface area contributed by atoms with Gasteiger partial charge in [-0.2, -0.15) is 0 Å². The van der Waals surface area contributed by atoms with E-state index in [9.17, 15) is 9.59 Å². The molecule has 0 unspecified atom stereocenters. The van der Waals surface area contributed by atoms with E-state index in [0.29, 0.717) is 48.9 Å². The maximum absolute atomic E-state index is 13.6. The van der Waals surface area contributed by atoms with Crippen molar-refractivity contribution in [2.75, 3.05) is 41.0 Å². The van der Waals surface area contributed by atoms with E-state index in [-0.39, 0.29) is 18.4 Å². The normalized spacial score (nSPS) is 10.6. The second-order valence-electron chi connectivity index (χ2n) is 8.65. The van der Waals surface area contributed by atoms with Crippen LogP contribution in [0.5, 0.6) is 17.2 Å². The molecule has 1 aromatic heterocycles. The van der Waals surface area contributed by atoms with Gasteiger partial charge in [-0.15, -0.1) is 11.3 Å². The minimum Gasteiger partial charge on any atom is -0.497 e. The highest BCUT2D eigenvalue weighted by molar-refractivity contribution is 7.09. The van der Waals surface area contributed by atoms with E-state index in [1.54, 1.807) is 61.8 Å². The standard InChI is InChI=1S/C29H36N2O5S/c1-5-6-15-31(29(33)23-9-7-10-24(19-23)34-2)21-28(32)30(20-25-11-8-17-37-25)16-14-22-12-13-26(35-3)27(18-22)36-4/h7-13,17-19H,5-6,14-16,20-21H2,1-4H3. The second kappa shape index (κ2) is 14.3. The molecular formula is C29H36N2O5S. The Bertz CT molecular complexity index is 1150. The zero-order valence-corrected chi connectivity index (χ0v) is 22.9. The molecule has 3 aromatic rings. The summed E-state index contributed by atoms with van der Waals surface area (Å²) in [7, 11) is 4.79. The van der Waals surface area contributed by atoms with Gasteiger partial charge in [-0.25, -0.2) is 0 Å². The Kier molecular flexibility index (Phi) is 10.8. The number of hydrogen-bond acceptors (Lipinski definition) is 6. The Balaban J connectivity index is 1.78. The molecule has 7 nitrogen and oxygen atoms in total. The topological polar surface area (TPSA) is 68.3 Å². The van der Waals surface area contributed by atoms with Gasteiger partial charge in [-0.3, -0.25) is 9.59 Å². The van der Waals surface area contributed by atoms with E-state index < -0.39 is 0 Å². The number of benzene rings is 2. The van der Waals surface area contributed by atoms with Gasteiger partial charge in [0, 0.05) is 23.5 Å². The van der Waals surface area contributed by atoms with Crippen LogP contribution >= 0.6 is 11.3 Å². The molecule has 0 aliphatic heterocycles. The summed E-state index contributed by atoms with van der Waals surface area (Å²) in [6.07, 6.45) is 2.39. The molecule has 0 bridgehead atoms. The predicted molar refractivity (Wildman–Crippen MR) is 147 cm³/mol. The highest BCUT2D eigenvalue weighted by atomic mass is 32.1. The van der Waals surface area contributed by atoms with E-state index in [0.717, 1.165) is 23.3 Å². The van der Waals surface area contributed by atoms with Crippen molar-refractivity contribution in [1.82, 2.24) is 9.80 Å². The van der Waals surface area contributed by atoms with Crippen LogP contribution in [0.1, 0.15) is 40.6 Å². The van der Waals surface area contributed by atoms with Crippen LogP contribution in [0, 0.1) is 0 Å². The molecule has 0 radical (unpaired) electrons. The molecule has 37 heavy (non-hydrogen) atoms. The fourth-order valence-corrected chi connectivity index (χ4v) is 4.71. The minimum atomic E-state index is -0.170. The molecular weight excluding hydrogens is 488 g/mol. The van der Waals surface area contributed by atoms with Gasteiger partial charge in [0.25, 0.3) is 5.91 Å². The molecule has 2 amide bonds. The largest absolute Gasteiger partial charge is 0.497 e. The number of amides is 2. The molecule has 0 spiro atoms. The Morgan fingerprint density at radius 2 is 1.68 bits per heavy atom. The van der Waals surface area contributed by atoms with E-state index in [1.165, 1.54) is 0 Å². The SMILES string of the molecule is CCCCN(CC(=O)N(CCc1ccc(OC)c(OC)c1)Cc1cccs1)C(=O)c1cccc(OC)c1. The maximum atomic E-state index is 13.6. The molecule has 2 aromatic carbocycles. The first-order valence-electron chi connectivity index (χ1n) is 12.4. The lowest BCUT2D eigenvalue weighted by molar-refractivity contribution is -0.132. The van der Waals surface area contributed by atoms with Crippen LogP contribution in [-0.2, 0) is 17.8 Å². The fraction of sp³-hybridized carbons (Fsp3) is 0.379. The van der Waals surface area contributed by atoms with Crippen LogP contribution in [0.4, 0.5) is 0 Å². The molecule has 0 saturated heterocycles. The Labute approximate surface area is 223 Å². The number of carbonyl (C=O) groups excluding carboxylic acids is 2. The fourth-order valence-electron chi connectivity index (χ4n) is 3.99. The molecule has 0 fully saturated rings. The van der Waals surface area contributed by atoms with Crippen LogP contribution in [0.15, 0.2) is 60.0 Å². The second-order valence-corrected chi connectivity index (χ2v) is 9.68. The van der Waals surface area contributed by atoms with Gasteiger partial charge in [0.15, 0.2) is 11.5 Å². The zero-order valence-electron chi connectivity index (χ0n) is 22.1. The number of thiophene rings is 1. The zero-order chi connectivity index (χ0) is 26.6. The summed E-state index contributed by atoms with van der Waals surface area (Å²) in [5.41, 5.74) is 1.55. The van der Waals surface area contributed by atoms with Gasteiger partial charge in [0.2, 0.25) is 5.91 Å². The smallest absolute Gasteiger partial charge is 0.254 e. The van der Waals surface area contributed by atoms with E-state index in [1.807, 2.05) is 40.6 Å². The third kappa shape index (κ3) is 7.98. The van der Waals surface area contributed by atoms with Crippen molar-refractivity contribution in [2.45, 2.75) is 32.7 Å². The first-order valence-corrected chi connectivity index (χ1v) is 13.3. The van der Waals surface area contributed by atoms with Crippen LogP contribution < -0.4 is 14.2 Å². The number of ether oxygens (including phenoxy) is 3. The number of rotatable bonds is 14. The predicted octanol–water partition coefficient (Wildman–Crippen LogP) is 5.29. The van der Waals surface area contributed by atoms with Gasteiger partial charge >= 0.3 is 0 Å². The van der Waals surface area contributed by atoms with Crippen molar-refractivity contribution in [1.29, 1.82) is 0 Å². The number of unbranched alkanes of at least 4 members (excludes halogenated alkanes) is 1. The first kappa shape index (κ1) is 28.1. The van der Waals surface area contributed by atoms with Crippen molar-refractivity contribution < 1.29 is 23.8 Å². The van der Waals surface area contributed by atoms with Crippen LogP contribution in [-0.4, -0.2) is 62.6 Å². The van der Waals surface area contributed by atoms with Crippen molar-refractivity contribution in [2.24, 2.45) is 0 Å². The highest BCUT2D eigenvalue weighted by Gasteiger charge is 2.23. The Morgan fingerprint density at radius 3 is 2.35 bits per heavy atom. The van der Waals surface area contributed by atoms with Crippen molar-refractivity contribution >= 4 is 23.2 Å². The number of methoxy groups -OCH3 is 3. The molecule has 0 aliphatic rings. The first-order chi connectivity index (χ1) is 18.0. The van der Waals surface area contributed by atoms with Gasteiger partial charge in [0.1, 0.15) is 12.3 Å². The lowest BCUT2D eigenvalue weighted by atomic mass is 10.1. The maximum Gasteiger partial charge on any atom is 0.254 e. The summed E-state index contributed by atoms with van der Waals surface area (Å²) in [5, 5.41) is 2.01. The van der Waals surface area contributed by atoms with E-state index >= 15 is 0 Å². The van der Waals surface area contributed by atoms with Crippen LogP contribution in [0.25, 0.3) is 0 Å². The van der Waals surface area contributed by atoms with E-state index in [4.69, 9.17) is 14.2 Å². The van der Waals surface area contributed by atoms with Crippen molar-refractivity contribution in [3.8, 4) is 17.2 Å². The molecule has 0 saturated carbocycles.